The Morgan fingerprint density at radius 3 is 2.45 bits per heavy atom. The van der Waals surface area contributed by atoms with E-state index in [1.54, 1.807) is 19.3 Å². The van der Waals surface area contributed by atoms with Crippen LogP contribution in [0, 0.1) is 6.92 Å². The Balaban J connectivity index is 2.26. The van der Waals surface area contributed by atoms with Crippen LogP contribution in [0.15, 0.2) is 12.4 Å². The van der Waals surface area contributed by atoms with Crippen molar-refractivity contribution in [1.82, 2.24) is 14.1 Å². The van der Waals surface area contributed by atoms with Gasteiger partial charge < -0.3 is 5.11 Å². The summed E-state index contributed by atoms with van der Waals surface area (Å²) in [6, 6.07) is 0. The van der Waals surface area contributed by atoms with Gasteiger partial charge in [-0.1, -0.05) is 0 Å². The van der Waals surface area contributed by atoms with Crippen molar-refractivity contribution in [3.05, 3.63) is 18.0 Å². The molecule has 1 aliphatic rings. The number of hydrogen-bond acceptors (Lipinski definition) is 4. The second-order valence-electron chi connectivity index (χ2n) is 5.10. The smallest absolute Gasteiger partial charge is 0.331 e. The molecule has 20 heavy (non-hydrogen) atoms. The summed E-state index contributed by atoms with van der Waals surface area (Å²) < 4.78 is 26.5. The Labute approximate surface area is 118 Å². The molecule has 1 aliphatic heterocycles. The lowest BCUT2D eigenvalue weighted by atomic mass is 9.88. The van der Waals surface area contributed by atoms with Gasteiger partial charge in [0.05, 0.1) is 11.9 Å². The molecule has 1 saturated heterocycles. The molecule has 112 valence electrons. The van der Waals surface area contributed by atoms with E-state index in [9.17, 15) is 18.3 Å². The molecule has 0 atom stereocenters. The molecule has 2 heterocycles. The Morgan fingerprint density at radius 2 is 2.05 bits per heavy atom. The normalized spacial score (nSPS) is 19.9. The molecule has 1 aromatic heterocycles. The molecular formula is C12H19N3O4S. The highest BCUT2D eigenvalue weighted by molar-refractivity contribution is 7.89. The third-order valence-electron chi connectivity index (χ3n) is 3.86. The molecule has 7 nitrogen and oxygen atoms in total. The van der Waals surface area contributed by atoms with Crippen LogP contribution in [0.2, 0.25) is 0 Å². The van der Waals surface area contributed by atoms with Crippen LogP contribution in [0.4, 0.5) is 0 Å². The van der Waals surface area contributed by atoms with Crippen molar-refractivity contribution >= 4 is 16.0 Å². The van der Waals surface area contributed by atoms with E-state index in [1.807, 2.05) is 6.92 Å². The van der Waals surface area contributed by atoms with E-state index in [0.29, 0.717) is 0 Å². The number of rotatable bonds is 4. The van der Waals surface area contributed by atoms with Crippen molar-refractivity contribution in [2.45, 2.75) is 32.2 Å². The second kappa shape index (κ2) is 5.17. The van der Waals surface area contributed by atoms with Crippen LogP contribution in [0.1, 0.15) is 25.3 Å². The van der Waals surface area contributed by atoms with E-state index in [1.165, 1.54) is 8.99 Å². The third kappa shape index (κ3) is 2.45. The molecule has 0 amide bonds. The molecule has 8 heteroatoms. The SMILES string of the molecule is CCS(=O)(=O)N1CCC(C(=O)O)(n2cc(C)cn2)CC1. The van der Waals surface area contributed by atoms with Crippen molar-refractivity contribution in [1.29, 1.82) is 0 Å². The molecule has 1 aromatic rings. The molecular weight excluding hydrogens is 282 g/mol. The predicted molar refractivity (Wildman–Crippen MR) is 72.8 cm³/mol. The minimum atomic E-state index is -3.26. The number of sulfonamides is 1. The Morgan fingerprint density at radius 1 is 1.45 bits per heavy atom. The summed E-state index contributed by atoms with van der Waals surface area (Å²) >= 11 is 0. The molecule has 0 saturated carbocycles. The largest absolute Gasteiger partial charge is 0.479 e. The first-order valence-electron chi connectivity index (χ1n) is 6.55. The fourth-order valence-corrected chi connectivity index (χ4v) is 3.61. The van der Waals surface area contributed by atoms with Gasteiger partial charge in [-0.25, -0.2) is 17.5 Å². The summed E-state index contributed by atoms with van der Waals surface area (Å²) in [7, 11) is -3.26. The topological polar surface area (TPSA) is 92.5 Å². The van der Waals surface area contributed by atoms with Gasteiger partial charge in [-0.15, -0.1) is 0 Å². The summed E-state index contributed by atoms with van der Waals surface area (Å²) in [6.07, 6.45) is 3.75. The zero-order valence-corrected chi connectivity index (χ0v) is 12.4. The molecule has 1 N–H and O–H groups in total. The molecule has 0 radical (unpaired) electrons. The van der Waals surface area contributed by atoms with Gasteiger partial charge >= 0.3 is 5.97 Å². The summed E-state index contributed by atoms with van der Waals surface area (Å²) in [5.41, 5.74) is -0.261. The highest BCUT2D eigenvalue weighted by atomic mass is 32.2. The van der Waals surface area contributed by atoms with E-state index in [0.717, 1.165) is 5.56 Å². The Hall–Kier alpha value is -1.41. The highest BCUT2D eigenvalue weighted by Crippen LogP contribution is 2.31. The standard InChI is InChI=1S/C12H19N3O4S/c1-3-20(18,19)14-6-4-12(5-7-14,11(16)17)15-9-10(2)8-13-15/h8-9H,3-7H2,1-2H3,(H,16,17). The number of nitrogens with zero attached hydrogens (tertiary/aromatic N) is 3. The number of carbonyl (C=O) groups is 1. The van der Waals surface area contributed by atoms with E-state index in [4.69, 9.17) is 0 Å². The molecule has 0 aromatic carbocycles. The van der Waals surface area contributed by atoms with Crippen LogP contribution >= 0.6 is 0 Å². The van der Waals surface area contributed by atoms with Crippen molar-refractivity contribution in [2.75, 3.05) is 18.8 Å². The molecule has 1 fully saturated rings. The van der Waals surface area contributed by atoms with E-state index < -0.39 is 21.5 Å². The maximum absolute atomic E-state index is 11.8. The minimum absolute atomic E-state index is 0.0357. The van der Waals surface area contributed by atoms with Gasteiger partial charge in [-0.05, 0) is 32.3 Å². The van der Waals surface area contributed by atoms with Crippen LogP contribution in [0.5, 0.6) is 0 Å². The summed E-state index contributed by atoms with van der Waals surface area (Å²) in [5, 5.41) is 13.7. The Bertz CT molecular complexity index is 600. The first-order valence-corrected chi connectivity index (χ1v) is 8.16. The lowest BCUT2D eigenvalue weighted by Crippen LogP contribution is -2.52. The summed E-state index contributed by atoms with van der Waals surface area (Å²) in [5.74, 6) is -0.928. The lowest BCUT2D eigenvalue weighted by Gasteiger charge is -2.38. The predicted octanol–water partition coefficient (Wildman–Crippen LogP) is 0.417. The number of aliphatic carboxylic acids is 1. The molecule has 0 aliphatic carbocycles. The van der Waals surface area contributed by atoms with Gasteiger partial charge in [0.15, 0.2) is 5.54 Å². The van der Waals surface area contributed by atoms with Gasteiger partial charge in [-0.3, -0.25) is 4.68 Å². The third-order valence-corrected chi connectivity index (χ3v) is 5.74. The van der Waals surface area contributed by atoms with E-state index in [2.05, 4.69) is 5.10 Å². The minimum Gasteiger partial charge on any atom is -0.479 e. The van der Waals surface area contributed by atoms with E-state index in [-0.39, 0.29) is 31.7 Å². The van der Waals surface area contributed by atoms with Crippen LogP contribution < -0.4 is 0 Å². The highest BCUT2D eigenvalue weighted by Gasteiger charge is 2.45. The van der Waals surface area contributed by atoms with E-state index >= 15 is 0 Å². The fraction of sp³-hybridized carbons (Fsp3) is 0.667. The van der Waals surface area contributed by atoms with Gasteiger partial charge in [-0.2, -0.15) is 5.10 Å². The quantitative estimate of drug-likeness (QED) is 0.870. The average molecular weight is 301 g/mol. The maximum Gasteiger partial charge on any atom is 0.331 e. The monoisotopic (exact) mass is 301 g/mol. The molecule has 2 rings (SSSR count). The second-order valence-corrected chi connectivity index (χ2v) is 7.36. The lowest BCUT2D eigenvalue weighted by molar-refractivity contribution is -0.150. The fourth-order valence-electron chi connectivity index (χ4n) is 2.50. The van der Waals surface area contributed by atoms with Crippen LogP contribution in [-0.4, -0.2) is 52.4 Å². The number of aromatic nitrogens is 2. The number of piperidine rings is 1. The first kappa shape index (κ1) is 15.0. The van der Waals surface area contributed by atoms with Crippen molar-refractivity contribution < 1.29 is 18.3 Å². The summed E-state index contributed by atoms with van der Waals surface area (Å²) in [4.78, 5) is 11.7. The first-order chi connectivity index (χ1) is 9.32. The van der Waals surface area contributed by atoms with Gasteiger partial charge in [0.1, 0.15) is 0 Å². The maximum atomic E-state index is 11.8. The average Bonchev–Trinajstić information content (AvgIpc) is 2.85. The Kier molecular flexibility index (Phi) is 3.88. The number of hydrogen-bond donors (Lipinski definition) is 1. The zero-order valence-electron chi connectivity index (χ0n) is 11.6. The van der Waals surface area contributed by atoms with Gasteiger partial charge in [0.25, 0.3) is 0 Å². The molecule has 0 spiro atoms. The van der Waals surface area contributed by atoms with Crippen LogP contribution in [0.3, 0.4) is 0 Å². The molecule has 0 bridgehead atoms. The van der Waals surface area contributed by atoms with Crippen molar-refractivity contribution in [3.63, 3.8) is 0 Å². The van der Waals surface area contributed by atoms with Crippen LogP contribution in [-0.2, 0) is 20.4 Å². The number of carboxylic acids is 1. The number of carboxylic acid groups (broad SMARTS) is 1. The zero-order chi connectivity index (χ0) is 15.0. The van der Waals surface area contributed by atoms with Crippen LogP contribution in [0.25, 0.3) is 0 Å². The van der Waals surface area contributed by atoms with Gasteiger partial charge in [0.2, 0.25) is 10.0 Å². The van der Waals surface area contributed by atoms with Crippen molar-refractivity contribution in [2.24, 2.45) is 0 Å². The molecule has 0 unspecified atom stereocenters. The van der Waals surface area contributed by atoms with Crippen molar-refractivity contribution in [3.8, 4) is 0 Å². The van der Waals surface area contributed by atoms with Gasteiger partial charge in [0, 0.05) is 19.3 Å². The summed E-state index contributed by atoms with van der Waals surface area (Å²) in [6.45, 7) is 3.85. The number of aryl methyl sites for hydroxylation is 1.